The topological polar surface area (TPSA) is 40.5 Å². The lowest BCUT2D eigenvalue weighted by Crippen LogP contribution is -2.26. The van der Waals surface area contributed by atoms with Crippen LogP contribution in [-0.2, 0) is 11.3 Å². The van der Waals surface area contributed by atoms with Crippen LogP contribution in [0.2, 0.25) is 0 Å². The summed E-state index contributed by atoms with van der Waals surface area (Å²) in [6.07, 6.45) is 0.510. The highest BCUT2D eigenvalue weighted by Gasteiger charge is 2.10. The molecule has 0 saturated heterocycles. The first-order valence-electron chi connectivity index (χ1n) is 6.91. The Hall–Kier alpha value is -1.35. The van der Waals surface area contributed by atoms with Gasteiger partial charge in [0.1, 0.15) is 0 Å². The van der Waals surface area contributed by atoms with Gasteiger partial charge in [-0.05, 0) is 30.4 Å². The van der Waals surface area contributed by atoms with E-state index >= 15 is 0 Å². The third-order valence-electron chi connectivity index (χ3n) is 3.27. The van der Waals surface area contributed by atoms with Crippen LogP contribution in [0.3, 0.4) is 0 Å². The number of hydrogen-bond donors (Lipinski definition) is 1. The maximum absolute atomic E-state index is 11.8. The maximum atomic E-state index is 11.8. The van der Waals surface area contributed by atoms with Crippen molar-refractivity contribution in [3.63, 3.8) is 0 Å². The molecule has 3 nitrogen and oxygen atoms in total. The minimum Gasteiger partial charge on any atom is -0.393 e. The van der Waals surface area contributed by atoms with Crippen molar-refractivity contribution >= 4 is 5.91 Å². The molecule has 1 unspecified atom stereocenters. The summed E-state index contributed by atoms with van der Waals surface area (Å²) in [5.74, 6) is 0.605. The Morgan fingerprint density at radius 2 is 1.79 bits per heavy atom. The van der Waals surface area contributed by atoms with Gasteiger partial charge in [-0.25, -0.2) is 0 Å². The Bertz CT molecular complexity index is 396. The van der Waals surface area contributed by atoms with Crippen LogP contribution < -0.4 is 0 Å². The van der Waals surface area contributed by atoms with Crippen molar-refractivity contribution in [2.75, 3.05) is 7.05 Å². The van der Waals surface area contributed by atoms with Gasteiger partial charge in [0.15, 0.2) is 0 Å². The molecule has 19 heavy (non-hydrogen) atoms. The number of carbonyl (C=O) groups excluding carboxylic acids is 1. The van der Waals surface area contributed by atoms with Crippen molar-refractivity contribution in [1.29, 1.82) is 0 Å². The fourth-order valence-electron chi connectivity index (χ4n) is 1.89. The van der Waals surface area contributed by atoms with E-state index in [0.717, 1.165) is 5.56 Å². The van der Waals surface area contributed by atoms with E-state index in [-0.39, 0.29) is 5.91 Å². The number of benzene rings is 1. The van der Waals surface area contributed by atoms with E-state index in [1.807, 2.05) is 0 Å². The summed E-state index contributed by atoms with van der Waals surface area (Å²) in [7, 11) is 1.81. The van der Waals surface area contributed by atoms with Crippen LogP contribution in [-0.4, -0.2) is 29.1 Å². The Labute approximate surface area is 116 Å². The summed E-state index contributed by atoms with van der Waals surface area (Å²) in [6.45, 7) is 6.66. The number of aliphatic hydroxyl groups is 1. The van der Waals surface area contributed by atoms with Gasteiger partial charge < -0.3 is 10.0 Å². The molecule has 0 bridgehead atoms. The highest BCUT2D eigenvalue weighted by atomic mass is 16.3. The standard InChI is InChI=1S/C16H25NO2/c1-12(2)15-8-6-14(7-9-15)11-17(4)16(19)10-5-13(3)18/h6-9,12-13,18H,5,10-11H2,1-4H3. The first kappa shape index (κ1) is 15.7. The summed E-state index contributed by atoms with van der Waals surface area (Å²) >= 11 is 0. The SMILES string of the molecule is CC(O)CCC(=O)N(C)Cc1ccc(C(C)C)cc1. The van der Waals surface area contributed by atoms with E-state index in [2.05, 4.69) is 38.1 Å². The molecule has 1 N–H and O–H groups in total. The van der Waals surface area contributed by atoms with Gasteiger partial charge in [-0.2, -0.15) is 0 Å². The first-order chi connectivity index (χ1) is 8.90. The van der Waals surface area contributed by atoms with Gasteiger partial charge in [0, 0.05) is 20.0 Å². The largest absolute Gasteiger partial charge is 0.393 e. The van der Waals surface area contributed by atoms with Crippen molar-refractivity contribution in [2.45, 2.75) is 52.2 Å². The van der Waals surface area contributed by atoms with Crippen molar-refractivity contribution in [3.8, 4) is 0 Å². The van der Waals surface area contributed by atoms with Crippen LogP contribution in [0.1, 0.15) is 50.7 Å². The molecule has 0 fully saturated rings. The number of nitrogens with zero attached hydrogens (tertiary/aromatic N) is 1. The summed E-state index contributed by atoms with van der Waals surface area (Å²) in [5, 5.41) is 9.18. The number of hydrogen-bond acceptors (Lipinski definition) is 2. The molecule has 0 aliphatic rings. The molecule has 1 amide bonds. The van der Waals surface area contributed by atoms with Gasteiger partial charge in [0.2, 0.25) is 5.91 Å². The Kier molecular flexibility index (Phi) is 6.03. The van der Waals surface area contributed by atoms with Crippen LogP contribution >= 0.6 is 0 Å². The lowest BCUT2D eigenvalue weighted by molar-refractivity contribution is -0.131. The number of aliphatic hydroxyl groups excluding tert-OH is 1. The Morgan fingerprint density at radius 1 is 1.21 bits per heavy atom. The quantitative estimate of drug-likeness (QED) is 0.857. The fourth-order valence-corrected chi connectivity index (χ4v) is 1.89. The highest BCUT2D eigenvalue weighted by molar-refractivity contribution is 5.75. The van der Waals surface area contributed by atoms with E-state index in [0.29, 0.717) is 25.3 Å². The normalized spacial score (nSPS) is 12.5. The predicted molar refractivity (Wildman–Crippen MR) is 77.9 cm³/mol. The Morgan fingerprint density at radius 3 is 2.26 bits per heavy atom. The number of amides is 1. The maximum Gasteiger partial charge on any atom is 0.222 e. The molecule has 0 radical (unpaired) electrons. The minimum absolute atomic E-state index is 0.0776. The molecule has 0 saturated carbocycles. The van der Waals surface area contributed by atoms with Crippen LogP contribution in [0.5, 0.6) is 0 Å². The molecule has 0 spiro atoms. The summed E-state index contributed by atoms with van der Waals surface area (Å²) in [4.78, 5) is 13.6. The van der Waals surface area contributed by atoms with Gasteiger partial charge in [-0.15, -0.1) is 0 Å². The van der Waals surface area contributed by atoms with Crippen LogP contribution in [0, 0.1) is 0 Å². The first-order valence-corrected chi connectivity index (χ1v) is 6.91. The van der Waals surface area contributed by atoms with E-state index in [9.17, 15) is 9.90 Å². The lowest BCUT2D eigenvalue weighted by Gasteiger charge is -2.18. The van der Waals surface area contributed by atoms with E-state index in [1.54, 1.807) is 18.9 Å². The van der Waals surface area contributed by atoms with Crippen LogP contribution in [0.4, 0.5) is 0 Å². The third kappa shape index (κ3) is 5.43. The van der Waals surface area contributed by atoms with Crippen LogP contribution in [0.15, 0.2) is 24.3 Å². The average molecular weight is 263 g/mol. The van der Waals surface area contributed by atoms with Crippen molar-refractivity contribution < 1.29 is 9.90 Å². The zero-order valence-electron chi connectivity index (χ0n) is 12.4. The second-order valence-electron chi connectivity index (χ2n) is 5.53. The summed E-state index contributed by atoms with van der Waals surface area (Å²) in [6, 6.07) is 8.39. The number of rotatable bonds is 6. The van der Waals surface area contributed by atoms with Crippen molar-refractivity contribution in [2.24, 2.45) is 0 Å². The van der Waals surface area contributed by atoms with Gasteiger partial charge in [0.05, 0.1) is 6.10 Å². The minimum atomic E-state index is -0.414. The molecule has 1 rings (SSSR count). The highest BCUT2D eigenvalue weighted by Crippen LogP contribution is 2.15. The van der Waals surface area contributed by atoms with Crippen molar-refractivity contribution in [1.82, 2.24) is 4.90 Å². The molecule has 3 heteroatoms. The second-order valence-corrected chi connectivity index (χ2v) is 5.53. The summed E-state index contributed by atoms with van der Waals surface area (Å²) in [5.41, 5.74) is 2.45. The van der Waals surface area contributed by atoms with Gasteiger partial charge in [0.25, 0.3) is 0 Å². The Balaban J connectivity index is 2.51. The molecular weight excluding hydrogens is 238 g/mol. The monoisotopic (exact) mass is 263 g/mol. The molecule has 106 valence electrons. The van der Waals surface area contributed by atoms with Gasteiger partial charge in [-0.3, -0.25) is 4.79 Å². The zero-order chi connectivity index (χ0) is 14.4. The number of carbonyl (C=O) groups is 1. The molecule has 0 aliphatic heterocycles. The van der Waals surface area contributed by atoms with E-state index in [1.165, 1.54) is 5.56 Å². The van der Waals surface area contributed by atoms with Gasteiger partial charge >= 0.3 is 0 Å². The van der Waals surface area contributed by atoms with E-state index < -0.39 is 6.10 Å². The molecule has 0 heterocycles. The third-order valence-corrected chi connectivity index (χ3v) is 3.27. The molecule has 0 aromatic heterocycles. The lowest BCUT2D eigenvalue weighted by atomic mass is 10.0. The molecule has 1 atom stereocenters. The molecular formula is C16H25NO2. The molecule has 1 aromatic carbocycles. The second kappa shape index (κ2) is 7.29. The smallest absolute Gasteiger partial charge is 0.222 e. The zero-order valence-corrected chi connectivity index (χ0v) is 12.4. The molecule has 0 aliphatic carbocycles. The van der Waals surface area contributed by atoms with Crippen molar-refractivity contribution in [3.05, 3.63) is 35.4 Å². The molecule has 1 aromatic rings. The summed E-state index contributed by atoms with van der Waals surface area (Å²) < 4.78 is 0. The van der Waals surface area contributed by atoms with E-state index in [4.69, 9.17) is 0 Å². The predicted octanol–water partition coefficient (Wildman–Crippen LogP) is 2.93. The fraction of sp³-hybridized carbons (Fsp3) is 0.562. The average Bonchev–Trinajstić information content (AvgIpc) is 2.36. The van der Waals surface area contributed by atoms with Gasteiger partial charge in [-0.1, -0.05) is 38.1 Å². The van der Waals surface area contributed by atoms with Crippen LogP contribution in [0.25, 0.3) is 0 Å².